The zero-order valence-corrected chi connectivity index (χ0v) is 11.2. The van der Waals surface area contributed by atoms with Gasteiger partial charge in [0.2, 0.25) is 0 Å². The van der Waals surface area contributed by atoms with Crippen molar-refractivity contribution in [3.8, 4) is 5.75 Å². The fourth-order valence-electron chi connectivity index (χ4n) is 1.53. The normalized spacial score (nSPS) is 10.6. The second kappa shape index (κ2) is 6.35. The quantitative estimate of drug-likeness (QED) is 0.740. The van der Waals surface area contributed by atoms with E-state index in [1.54, 1.807) is 0 Å². The molecule has 0 saturated carbocycles. The van der Waals surface area contributed by atoms with Gasteiger partial charge in [-0.25, -0.2) is 0 Å². The average molecular weight is 237 g/mol. The maximum atomic E-state index is 5.88. The highest BCUT2D eigenvalue weighted by Crippen LogP contribution is 2.27. The Morgan fingerprint density at radius 1 is 1.41 bits per heavy atom. The van der Waals surface area contributed by atoms with Gasteiger partial charge in [0.05, 0.1) is 11.8 Å². The van der Waals surface area contributed by atoms with E-state index >= 15 is 0 Å². The predicted octanol–water partition coefficient (Wildman–Crippen LogP) is 1.71. The molecule has 0 atom stereocenters. The highest BCUT2D eigenvalue weighted by atomic mass is 16.5. The van der Waals surface area contributed by atoms with Crippen LogP contribution in [0.3, 0.4) is 0 Å². The van der Waals surface area contributed by atoms with Gasteiger partial charge in [-0.05, 0) is 33.0 Å². The summed E-state index contributed by atoms with van der Waals surface area (Å²) in [4.78, 5) is 2.17. The molecule has 0 heterocycles. The van der Waals surface area contributed by atoms with Crippen LogP contribution in [0.2, 0.25) is 0 Å². The van der Waals surface area contributed by atoms with Gasteiger partial charge in [-0.2, -0.15) is 0 Å². The van der Waals surface area contributed by atoms with Gasteiger partial charge in [0.15, 0.2) is 0 Å². The smallest absolute Gasteiger partial charge is 0.144 e. The summed E-state index contributed by atoms with van der Waals surface area (Å²) < 4.78 is 5.67. The van der Waals surface area contributed by atoms with Crippen LogP contribution in [0.5, 0.6) is 5.75 Å². The Morgan fingerprint density at radius 2 is 2.12 bits per heavy atom. The summed E-state index contributed by atoms with van der Waals surface area (Å²) in [6.07, 6.45) is 0.134. The largest absolute Gasteiger partial charge is 0.489 e. The first-order valence-electron chi connectivity index (χ1n) is 5.96. The molecule has 1 aromatic carbocycles. The van der Waals surface area contributed by atoms with Crippen LogP contribution in [0.25, 0.3) is 0 Å². The molecule has 3 N–H and O–H groups in total. The maximum absolute atomic E-state index is 5.88. The Labute approximate surface area is 104 Å². The second-order valence-corrected chi connectivity index (χ2v) is 4.41. The molecule has 0 aromatic heterocycles. The Balaban J connectivity index is 2.80. The Kier molecular flexibility index (Phi) is 5.10. The minimum absolute atomic E-state index is 0.134. The Bertz CT molecular complexity index is 353. The fourth-order valence-corrected chi connectivity index (χ4v) is 1.53. The van der Waals surface area contributed by atoms with Gasteiger partial charge in [0, 0.05) is 31.9 Å². The van der Waals surface area contributed by atoms with Gasteiger partial charge in [-0.1, -0.05) is 0 Å². The van der Waals surface area contributed by atoms with Crippen LogP contribution < -0.4 is 20.7 Å². The van der Waals surface area contributed by atoms with E-state index in [4.69, 9.17) is 10.5 Å². The van der Waals surface area contributed by atoms with Crippen molar-refractivity contribution in [2.45, 2.75) is 20.0 Å². The molecule has 96 valence electrons. The van der Waals surface area contributed by atoms with Crippen LogP contribution in [0.4, 0.5) is 11.4 Å². The number of benzene rings is 1. The van der Waals surface area contributed by atoms with Crippen LogP contribution in [0, 0.1) is 0 Å². The minimum atomic E-state index is 0.134. The van der Waals surface area contributed by atoms with Crippen molar-refractivity contribution in [3.05, 3.63) is 18.2 Å². The minimum Gasteiger partial charge on any atom is -0.489 e. The summed E-state index contributed by atoms with van der Waals surface area (Å²) in [5, 5.41) is 3.13. The predicted molar refractivity (Wildman–Crippen MR) is 73.8 cm³/mol. The van der Waals surface area contributed by atoms with Crippen molar-refractivity contribution in [3.63, 3.8) is 0 Å². The number of rotatable bonds is 6. The lowest BCUT2D eigenvalue weighted by molar-refractivity contribution is 0.244. The number of hydrogen-bond acceptors (Lipinski definition) is 4. The lowest BCUT2D eigenvalue weighted by Crippen LogP contribution is -2.27. The van der Waals surface area contributed by atoms with Crippen molar-refractivity contribution in [1.82, 2.24) is 5.32 Å². The van der Waals surface area contributed by atoms with E-state index in [9.17, 15) is 0 Å². The Morgan fingerprint density at radius 3 is 2.71 bits per heavy atom. The molecule has 17 heavy (non-hydrogen) atoms. The number of nitrogen functional groups attached to an aromatic ring is 1. The van der Waals surface area contributed by atoms with Crippen molar-refractivity contribution in [2.24, 2.45) is 0 Å². The van der Waals surface area contributed by atoms with E-state index in [-0.39, 0.29) is 6.10 Å². The highest BCUT2D eigenvalue weighted by molar-refractivity contribution is 5.62. The number of nitrogens with one attached hydrogen (secondary N) is 1. The second-order valence-electron chi connectivity index (χ2n) is 4.41. The summed E-state index contributed by atoms with van der Waals surface area (Å²) in [5.41, 5.74) is 7.68. The molecule has 0 aliphatic heterocycles. The number of nitrogens with two attached hydrogens (primary N) is 1. The number of anilines is 2. The third-order valence-corrected chi connectivity index (χ3v) is 2.50. The summed E-state index contributed by atoms with van der Waals surface area (Å²) >= 11 is 0. The zero-order chi connectivity index (χ0) is 12.8. The van der Waals surface area contributed by atoms with E-state index < -0.39 is 0 Å². The molecule has 1 aromatic rings. The summed E-state index contributed by atoms with van der Waals surface area (Å²) in [5.74, 6) is 0.758. The molecule has 0 amide bonds. The number of likely N-dealkylation sites (N-methyl/N-ethyl adjacent to an activating group) is 2. The summed E-state index contributed by atoms with van der Waals surface area (Å²) in [6.45, 7) is 5.89. The number of ether oxygens (including phenoxy) is 1. The van der Waals surface area contributed by atoms with E-state index in [1.165, 1.54) is 0 Å². The van der Waals surface area contributed by atoms with Gasteiger partial charge < -0.3 is 20.7 Å². The van der Waals surface area contributed by atoms with Crippen LogP contribution in [0.15, 0.2) is 18.2 Å². The van der Waals surface area contributed by atoms with Crippen molar-refractivity contribution >= 4 is 11.4 Å². The van der Waals surface area contributed by atoms with Crippen molar-refractivity contribution in [2.75, 3.05) is 37.8 Å². The van der Waals surface area contributed by atoms with Gasteiger partial charge in [-0.3, -0.25) is 0 Å². The summed E-state index contributed by atoms with van der Waals surface area (Å²) in [7, 11) is 4.01. The molecule has 0 unspecified atom stereocenters. The first-order valence-corrected chi connectivity index (χ1v) is 5.96. The maximum Gasteiger partial charge on any atom is 0.144 e. The van der Waals surface area contributed by atoms with Crippen LogP contribution in [-0.4, -0.2) is 33.3 Å². The third kappa shape index (κ3) is 4.15. The van der Waals surface area contributed by atoms with Gasteiger partial charge in [-0.15, -0.1) is 0 Å². The molecule has 0 aliphatic rings. The molecule has 4 nitrogen and oxygen atoms in total. The first kappa shape index (κ1) is 13.6. The standard InChI is InChI=1S/C13H23N3O/c1-10(2)17-13-9-11(5-6-12(13)14)16(4)8-7-15-3/h5-6,9-10,15H,7-8,14H2,1-4H3. The SMILES string of the molecule is CNCCN(C)c1ccc(N)c(OC(C)C)c1. The van der Waals surface area contributed by atoms with Gasteiger partial charge >= 0.3 is 0 Å². The van der Waals surface area contributed by atoms with E-state index in [0.717, 1.165) is 24.5 Å². The van der Waals surface area contributed by atoms with Crippen LogP contribution in [0.1, 0.15) is 13.8 Å². The molecule has 0 fully saturated rings. The van der Waals surface area contributed by atoms with Gasteiger partial charge in [0.1, 0.15) is 5.75 Å². The van der Waals surface area contributed by atoms with E-state index in [0.29, 0.717) is 5.69 Å². The molecular weight excluding hydrogens is 214 g/mol. The average Bonchev–Trinajstić information content (AvgIpc) is 2.28. The zero-order valence-electron chi connectivity index (χ0n) is 11.2. The molecule has 0 bridgehead atoms. The lowest BCUT2D eigenvalue weighted by Gasteiger charge is -2.21. The molecule has 0 radical (unpaired) electrons. The lowest BCUT2D eigenvalue weighted by atomic mass is 10.2. The molecule has 0 aliphatic carbocycles. The van der Waals surface area contributed by atoms with Gasteiger partial charge in [0.25, 0.3) is 0 Å². The topological polar surface area (TPSA) is 50.5 Å². The molecule has 4 heteroatoms. The molecule has 0 saturated heterocycles. The third-order valence-electron chi connectivity index (χ3n) is 2.50. The molecular formula is C13H23N3O. The van der Waals surface area contributed by atoms with Crippen LogP contribution >= 0.6 is 0 Å². The highest BCUT2D eigenvalue weighted by Gasteiger charge is 2.07. The molecule has 0 spiro atoms. The summed E-state index contributed by atoms with van der Waals surface area (Å²) in [6, 6.07) is 5.89. The Hall–Kier alpha value is -1.42. The van der Waals surface area contributed by atoms with Crippen molar-refractivity contribution in [1.29, 1.82) is 0 Å². The van der Waals surface area contributed by atoms with Crippen LogP contribution in [-0.2, 0) is 0 Å². The number of hydrogen-bond donors (Lipinski definition) is 2. The van der Waals surface area contributed by atoms with Crippen molar-refractivity contribution < 1.29 is 4.74 Å². The number of nitrogens with zero attached hydrogens (tertiary/aromatic N) is 1. The molecule has 1 rings (SSSR count). The van der Waals surface area contributed by atoms with E-state index in [2.05, 4.69) is 17.3 Å². The fraction of sp³-hybridized carbons (Fsp3) is 0.538. The monoisotopic (exact) mass is 237 g/mol. The van der Waals surface area contributed by atoms with E-state index in [1.807, 2.05) is 39.1 Å². The first-order chi connectivity index (χ1) is 8.04.